The van der Waals surface area contributed by atoms with E-state index in [4.69, 9.17) is 15.0 Å². The van der Waals surface area contributed by atoms with E-state index in [0.717, 1.165) is 4.70 Å². The molecule has 30 heavy (non-hydrogen) atoms. The van der Waals surface area contributed by atoms with Crippen molar-refractivity contribution >= 4 is 40.8 Å². The van der Waals surface area contributed by atoms with Gasteiger partial charge >= 0.3 is 12.1 Å². The fourth-order valence-corrected chi connectivity index (χ4v) is 5.41. The summed E-state index contributed by atoms with van der Waals surface area (Å²) in [4.78, 5) is 23.6. The number of amides is 1. The number of halogens is 3. The summed E-state index contributed by atoms with van der Waals surface area (Å²) < 4.78 is 61.5. The molecule has 2 aromatic rings. The third-order valence-electron chi connectivity index (χ3n) is 3.84. The lowest BCUT2D eigenvalue weighted by Gasteiger charge is -2.23. The highest BCUT2D eigenvalue weighted by Gasteiger charge is 2.36. The second-order valence-corrected chi connectivity index (χ2v) is 9.85. The maximum atomic E-state index is 13.2. The van der Waals surface area contributed by atoms with Crippen molar-refractivity contribution in [3.8, 4) is 0 Å². The third-order valence-corrected chi connectivity index (χ3v) is 7.08. The van der Waals surface area contributed by atoms with Crippen LogP contribution in [-0.4, -0.2) is 37.3 Å². The van der Waals surface area contributed by atoms with Crippen LogP contribution in [0.3, 0.4) is 0 Å². The first-order chi connectivity index (χ1) is 13.9. The predicted molar refractivity (Wildman–Crippen MR) is 108 cm³/mol. The van der Waals surface area contributed by atoms with Crippen molar-refractivity contribution in [1.29, 1.82) is 0 Å². The minimum absolute atomic E-state index is 0.135. The van der Waals surface area contributed by atoms with E-state index < -0.39 is 44.4 Å². The highest BCUT2D eigenvalue weighted by atomic mass is 32.1. The molecule has 3 N–H and O–H groups in total. The van der Waals surface area contributed by atoms with Crippen molar-refractivity contribution in [3.05, 3.63) is 34.7 Å². The van der Waals surface area contributed by atoms with Gasteiger partial charge in [0.05, 0.1) is 17.6 Å². The molecule has 0 bridgehead atoms. The molecule has 2 unspecified atom stereocenters. The summed E-state index contributed by atoms with van der Waals surface area (Å²) in [6.45, 7) is 1.52. The molecule has 0 saturated heterocycles. The number of rotatable bonds is 10. The van der Waals surface area contributed by atoms with Crippen molar-refractivity contribution in [2.24, 2.45) is 5.73 Å². The van der Waals surface area contributed by atoms with Crippen molar-refractivity contribution < 1.29 is 36.6 Å². The summed E-state index contributed by atoms with van der Waals surface area (Å²) in [5, 5.41) is 3.01. The molecule has 0 spiro atoms. The van der Waals surface area contributed by atoms with E-state index in [9.17, 15) is 27.3 Å². The number of nitrogens with one attached hydrogen (secondary N) is 1. The van der Waals surface area contributed by atoms with Gasteiger partial charge in [0.2, 0.25) is 0 Å². The molecule has 12 heteroatoms. The number of thiophene rings is 1. The Hall–Kier alpha value is -1.94. The van der Waals surface area contributed by atoms with E-state index in [1.165, 1.54) is 18.3 Å². The number of nitrogens with two attached hydrogens (primary N) is 1. The van der Waals surface area contributed by atoms with Gasteiger partial charge < -0.3 is 15.0 Å². The van der Waals surface area contributed by atoms with Crippen LogP contribution in [0.15, 0.2) is 24.3 Å². The molecular weight excluding hydrogens is 444 g/mol. The lowest BCUT2D eigenvalue weighted by molar-refractivity contribution is -0.153. The zero-order valence-corrected chi connectivity index (χ0v) is 18.0. The zero-order valence-electron chi connectivity index (χ0n) is 16.3. The molecule has 1 heterocycles. The number of benzene rings is 1. The summed E-state index contributed by atoms with van der Waals surface area (Å²) in [7, 11) is -4.13. The molecule has 166 valence electrons. The van der Waals surface area contributed by atoms with Crippen LogP contribution in [0.1, 0.15) is 35.5 Å². The smallest absolute Gasteiger partial charge is 0.412 e. The quantitative estimate of drug-likeness (QED) is 0.401. The second-order valence-electron chi connectivity index (χ2n) is 6.59. The standard InChI is InChI=1S/C18H22F3N2O5PS/c1-3-6-27-17(25)11(2)23-29(26,28-10-18(19,20)21)9-12-4-5-14-13(7-12)8-15(30-14)16(22)24/h4-5,7-8,11H,3,6,9-10H2,1-2H3,(H2,22,24)(H,23,26). The Morgan fingerprint density at radius 2 is 2.00 bits per heavy atom. The number of hydrogen-bond acceptors (Lipinski definition) is 6. The SMILES string of the molecule is CCCOC(=O)C(C)NP(=O)(Cc1ccc2sc(C(N)=O)cc2c1)OCC(F)(F)F. The number of esters is 1. The molecule has 7 nitrogen and oxygen atoms in total. The number of primary amides is 1. The Bertz CT molecular complexity index is 963. The lowest BCUT2D eigenvalue weighted by Crippen LogP contribution is -2.35. The van der Waals surface area contributed by atoms with Crippen LogP contribution in [0.5, 0.6) is 0 Å². The summed E-state index contributed by atoms with van der Waals surface area (Å²) in [6, 6.07) is 5.21. The van der Waals surface area contributed by atoms with Gasteiger partial charge in [0.25, 0.3) is 13.4 Å². The second kappa shape index (κ2) is 9.91. The first-order valence-electron chi connectivity index (χ1n) is 8.99. The highest BCUT2D eigenvalue weighted by Crippen LogP contribution is 2.48. The van der Waals surface area contributed by atoms with Gasteiger partial charge in [-0.05, 0) is 42.5 Å². The first kappa shape index (κ1) is 24.3. The van der Waals surface area contributed by atoms with Crippen molar-refractivity contribution in [3.63, 3.8) is 0 Å². The molecule has 1 aromatic heterocycles. The average molecular weight is 466 g/mol. The number of hydrogen-bond donors (Lipinski definition) is 2. The van der Waals surface area contributed by atoms with E-state index in [2.05, 4.69) is 5.09 Å². The molecule has 0 aliphatic carbocycles. The van der Waals surface area contributed by atoms with Crippen LogP contribution >= 0.6 is 18.9 Å². The van der Waals surface area contributed by atoms with E-state index >= 15 is 0 Å². The summed E-state index contributed by atoms with van der Waals surface area (Å²) >= 11 is 1.17. The molecule has 0 aliphatic heterocycles. The fraction of sp³-hybridized carbons (Fsp3) is 0.444. The molecule has 0 radical (unpaired) electrons. The van der Waals surface area contributed by atoms with Crippen molar-refractivity contribution in [2.75, 3.05) is 13.2 Å². The Morgan fingerprint density at radius 1 is 1.30 bits per heavy atom. The minimum atomic E-state index is -4.70. The molecular formula is C18H22F3N2O5PS. The van der Waals surface area contributed by atoms with Gasteiger partial charge in [-0.3, -0.25) is 14.2 Å². The van der Waals surface area contributed by atoms with Crippen LogP contribution in [0.4, 0.5) is 13.2 Å². The number of alkyl halides is 3. The summed E-state index contributed by atoms with van der Waals surface area (Å²) in [5.74, 6) is -1.34. The van der Waals surface area contributed by atoms with Gasteiger partial charge in [0, 0.05) is 4.70 Å². The molecule has 2 rings (SSSR count). The Labute approximate surface area is 175 Å². The predicted octanol–water partition coefficient (Wildman–Crippen LogP) is 4.20. The van der Waals surface area contributed by atoms with Crippen LogP contribution in [0.2, 0.25) is 0 Å². The van der Waals surface area contributed by atoms with Crippen LogP contribution in [0, 0.1) is 0 Å². The zero-order chi connectivity index (χ0) is 22.5. The largest absolute Gasteiger partial charge is 0.465 e. The van der Waals surface area contributed by atoms with Crippen LogP contribution < -0.4 is 10.8 Å². The summed E-state index contributed by atoms with van der Waals surface area (Å²) in [5.41, 5.74) is 5.67. The normalized spacial score (nSPS) is 15.0. The number of carbonyl (C=O) groups is 2. The van der Waals surface area contributed by atoms with Crippen LogP contribution in [0.25, 0.3) is 10.1 Å². The van der Waals surface area contributed by atoms with Gasteiger partial charge in [-0.2, -0.15) is 13.2 Å². The maximum absolute atomic E-state index is 13.2. The topological polar surface area (TPSA) is 108 Å². The minimum Gasteiger partial charge on any atom is -0.465 e. The van der Waals surface area contributed by atoms with E-state index in [1.807, 2.05) is 0 Å². The van der Waals surface area contributed by atoms with Gasteiger partial charge in [0.15, 0.2) is 6.61 Å². The van der Waals surface area contributed by atoms with Gasteiger partial charge in [-0.15, -0.1) is 11.3 Å². The van der Waals surface area contributed by atoms with E-state index in [1.54, 1.807) is 31.2 Å². The number of carbonyl (C=O) groups excluding carboxylic acids is 2. The Balaban J connectivity index is 2.25. The lowest BCUT2D eigenvalue weighted by atomic mass is 10.2. The number of fused-ring (bicyclic) bond motifs is 1. The van der Waals surface area contributed by atoms with Crippen molar-refractivity contribution in [1.82, 2.24) is 5.09 Å². The van der Waals surface area contributed by atoms with Gasteiger partial charge in [-0.1, -0.05) is 13.0 Å². The van der Waals surface area contributed by atoms with Gasteiger partial charge in [-0.25, -0.2) is 5.09 Å². The van der Waals surface area contributed by atoms with Crippen LogP contribution in [-0.2, 0) is 24.8 Å². The molecule has 0 saturated carbocycles. The Kier molecular flexibility index (Phi) is 8.04. The van der Waals surface area contributed by atoms with Gasteiger partial charge in [0.1, 0.15) is 6.04 Å². The third kappa shape index (κ3) is 7.09. The molecule has 1 amide bonds. The van der Waals surface area contributed by atoms with E-state index in [0.29, 0.717) is 22.2 Å². The molecule has 2 atom stereocenters. The average Bonchev–Trinajstić information content (AvgIpc) is 3.07. The van der Waals surface area contributed by atoms with Crippen molar-refractivity contribution in [2.45, 2.75) is 38.6 Å². The Morgan fingerprint density at radius 3 is 2.60 bits per heavy atom. The first-order valence-corrected chi connectivity index (χ1v) is 11.6. The highest BCUT2D eigenvalue weighted by molar-refractivity contribution is 7.56. The molecule has 1 aromatic carbocycles. The summed E-state index contributed by atoms with van der Waals surface area (Å²) in [6.07, 6.45) is -4.53. The molecule has 0 fully saturated rings. The maximum Gasteiger partial charge on any atom is 0.412 e. The molecule has 0 aliphatic rings. The monoisotopic (exact) mass is 466 g/mol. The fourth-order valence-electron chi connectivity index (χ4n) is 2.53. The van der Waals surface area contributed by atoms with E-state index in [-0.39, 0.29) is 6.61 Å². The number of ether oxygens (including phenoxy) is 1.